The van der Waals surface area contributed by atoms with Gasteiger partial charge >= 0.3 is 5.97 Å². The number of ether oxygens (including phenoxy) is 1. The topological polar surface area (TPSA) is 77.4 Å². The lowest BCUT2D eigenvalue weighted by molar-refractivity contribution is -0.158. The Balaban J connectivity index is 2.96. The number of aromatic nitrogens is 1. The van der Waals surface area contributed by atoms with Gasteiger partial charge in [-0.2, -0.15) is 4.72 Å². The van der Waals surface area contributed by atoms with E-state index in [4.69, 9.17) is 4.74 Å². The highest BCUT2D eigenvalue weighted by molar-refractivity contribution is 7.89. The van der Waals surface area contributed by atoms with Crippen LogP contribution >= 0.6 is 0 Å². The normalized spacial score (nSPS) is 14.2. The number of aryl methyl sites for hydroxylation is 1. The summed E-state index contributed by atoms with van der Waals surface area (Å²) < 4.78 is 33.9. The molecule has 0 unspecified atom stereocenters. The fourth-order valence-electron chi connectivity index (χ4n) is 1.69. The zero-order valence-corrected chi connectivity index (χ0v) is 14.2. The summed E-state index contributed by atoms with van der Waals surface area (Å²) in [5.74, 6) is -0.796. The molecule has 0 aliphatic rings. The third kappa shape index (κ3) is 5.17. The van der Waals surface area contributed by atoms with Crippen molar-refractivity contribution in [3.8, 4) is 0 Å². The molecule has 120 valence electrons. The molecule has 0 aromatic carbocycles. The van der Waals surface area contributed by atoms with Crippen LogP contribution in [0.1, 0.15) is 34.6 Å². The molecule has 0 fully saturated rings. The van der Waals surface area contributed by atoms with Crippen molar-refractivity contribution in [3.05, 3.63) is 18.5 Å². The largest absolute Gasteiger partial charge is 0.459 e. The molecule has 0 saturated heterocycles. The van der Waals surface area contributed by atoms with Crippen molar-refractivity contribution in [1.29, 1.82) is 0 Å². The lowest BCUT2D eigenvalue weighted by Crippen LogP contribution is -2.47. The number of hydrogen-bond donors (Lipinski definition) is 1. The zero-order chi connectivity index (χ0) is 16.4. The number of nitrogens with zero attached hydrogens (tertiary/aromatic N) is 1. The molecular formula is C14H24N2O4S. The van der Waals surface area contributed by atoms with Crippen LogP contribution in [0, 0.1) is 5.92 Å². The van der Waals surface area contributed by atoms with Crippen LogP contribution in [0.3, 0.4) is 0 Å². The van der Waals surface area contributed by atoms with Crippen LogP contribution in [0.15, 0.2) is 23.4 Å². The molecular weight excluding hydrogens is 292 g/mol. The second kappa shape index (κ2) is 6.19. The van der Waals surface area contributed by atoms with E-state index in [-0.39, 0.29) is 10.8 Å². The van der Waals surface area contributed by atoms with Gasteiger partial charge in [-0.05, 0) is 32.8 Å². The molecule has 1 aromatic rings. The van der Waals surface area contributed by atoms with Crippen LogP contribution in [0.2, 0.25) is 0 Å². The molecule has 1 atom stereocenters. The minimum absolute atomic E-state index is 0.124. The van der Waals surface area contributed by atoms with E-state index in [1.807, 2.05) is 0 Å². The van der Waals surface area contributed by atoms with E-state index >= 15 is 0 Å². The van der Waals surface area contributed by atoms with Crippen LogP contribution in [-0.4, -0.2) is 30.6 Å². The second-order valence-corrected chi connectivity index (χ2v) is 8.10. The summed E-state index contributed by atoms with van der Waals surface area (Å²) >= 11 is 0. The van der Waals surface area contributed by atoms with Crippen molar-refractivity contribution in [2.75, 3.05) is 0 Å². The molecule has 1 aromatic heterocycles. The predicted molar refractivity (Wildman–Crippen MR) is 80.2 cm³/mol. The van der Waals surface area contributed by atoms with Gasteiger partial charge in [0.05, 0.1) is 4.90 Å². The molecule has 6 nitrogen and oxygen atoms in total. The number of nitrogens with one attached hydrogen (secondary N) is 1. The molecule has 0 spiro atoms. The monoisotopic (exact) mass is 316 g/mol. The van der Waals surface area contributed by atoms with Crippen LogP contribution in [0.25, 0.3) is 0 Å². The summed E-state index contributed by atoms with van der Waals surface area (Å²) in [7, 11) is -2.03. The van der Waals surface area contributed by atoms with Crippen LogP contribution in [0.5, 0.6) is 0 Å². The molecule has 0 radical (unpaired) electrons. The minimum atomic E-state index is -3.76. The highest BCUT2D eigenvalue weighted by atomic mass is 32.2. The molecule has 0 aliphatic carbocycles. The zero-order valence-electron chi connectivity index (χ0n) is 13.4. The van der Waals surface area contributed by atoms with E-state index in [0.29, 0.717) is 0 Å². The third-order valence-electron chi connectivity index (χ3n) is 2.72. The smallest absolute Gasteiger partial charge is 0.324 e. The number of sulfonamides is 1. The van der Waals surface area contributed by atoms with Crippen molar-refractivity contribution in [2.24, 2.45) is 13.0 Å². The lowest BCUT2D eigenvalue weighted by atomic mass is 10.1. The molecule has 1 rings (SSSR count). The van der Waals surface area contributed by atoms with E-state index in [2.05, 4.69) is 4.72 Å². The van der Waals surface area contributed by atoms with Gasteiger partial charge in [-0.3, -0.25) is 4.79 Å². The first-order valence-electron chi connectivity index (χ1n) is 6.79. The molecule has 1 N–H and O–H groups in total. The highest BCUT2D eigenvalue weighted by Crippen LogP contribution is 2.16. The number of esters is 1. The van der Waals surface area contributed by atoms with Gasteiger partial charge < -0.3 is 9.30 Å². The fourth-order valence-corrected chi connectivity index (χ4v) is 3.08. The van der Waals surface area contributed by atoms with Gasteiger partial charge in [-0.1, -0.05) is 13.8 Å². The Morgan fingerprint density at radius 2 is 1.90 bits per heavy atom. The Bertz CT molecular complexity index is 597. The Hall–Kier alpha value is -1.34. The SMILES string of the molecule is CC(C)[C@@H](NS(=O)(=O)c1ccn(C)c1)C(=O)OC(C)(C)C. The first kappa shape index (κ1) is 17.7. The van der Waals surface area contributed by atoms with Gasteiger partial charge in [0.15, 0.2) is 0 Å². The average molecular weight is 316 g/mol. The highest BCUT2D eigenvalue weighted by Gasteiger charge is 2.32. The standard InChI is InChI=1S/C14H24N2O4S/c1-10(2)12(13(17)20-14(3,4)5)15-21(18,19)11-7-8-16(6)9-11/h7-10,12,15H,1-6H3/t12-/m1/s1. The van der Waals surface area contributed by atoms with E-state index in [1.165, 1.54) is 12.3 Å². The van der Waals surface area contributed by atoms with Gasteiger partial charge in [0.25, 0.3) is 0 Å². The minimum Gasteiger partial charge on any atom is -0.459 e. The molecule has 7 heteroatoms. The maximum atomic E-state index is 12.3. The van der Waals surface area contributed by atoms with E-state index in [1.54, 1.807) is 52.4 Å². The van der Waals surface area contributed by atoms with E-state index in [0.717, 1.165) is 0 Å². The van der Waals surface area contributed by atoms with Gasteiger partial charge in [-0.15, -0.1) is 0 Å². The summed E-state index contributed by atoms with van der Waals surface area (Å²) in [6, 6.07) is 0.559. The molecule has 1 heterocycles. The summed E-state index contributed by atoms with van der Waals surface area (Å²) in [4.78, 5) is 12.3. The average Bonchev–Trinajstić information content (AvgIpc) is 2.70. The molecule has 21 heavy (non-hydrogen) atoms. The van der Waals surface area contributed by atoms with Gasteiger partial charge in [0.2, 0.25) is 10.0 Å². The number of carbonyl (C=O) groups is 1. The fraction of sp³-hybridized carbons (Fsp3) is 0.643. The first-order valence-corrected chi connectivity index (χ1v) is 8.28. The number of hydrogen-bond acceptors (Lipinski definition) is 4. The van der Waals surface area contributed by atoms with Crippen molar-refractivity contribution < 1.29 is 17.9 Å². The maximum absolute atomic E-state index is 12.3. The van der Waals surface area contributed by atoms with Crippen molar-refractivity contribution in [2.45, 2.75) is 51.2 Å². The lowest BCUT2D eigenvalue weighted by Gasteiger charge is -2.26. The molecule has 0 bridgehead atoms. The summed E-state index contributed by atoms with van der Waals surface area (Å²) in [5, 5.41) is 0. The Morgan fingerprint density at radius 1 is 1.33 bits per heavy atom. The molecule has 0 amide bonds. The van der Waals surface area contributed by atoms with Crippen molar-refractivity contribution in [3.63, 3.8) is 0 Å². The van der Waals surface area contributed by atoms with Crippen molar-refractivity contribution >= 4 is 16.0 Å². The van der Waals surface area contributed by atoms with Crippen LogP contribution < -0.4 is 4.72 Å². The summed E-state index contributed by atoms with van der Waals surface area (Å²) in [6.45, 7) is 8.76. The third-order valence-corrected chi connectivity index (χ3v) is 4.15. The van der Waals surface area contributed by atoms with Crippen LogP contribution in [-0.2, 0) is 26.6 Å². The predicted octanol–water partition coefficient (Wildman–Crippen LogP) is 1.67. The van der Waals surface area contributed by atoms with Crippen molar-refractivity contribution in [1.82, 2.24) is 9.29 Å². The van der Waals surface area contributed by atoms with Crippen LogP contribution in [0.4, 0.5) is 0 Å². The Kier molecular flexibility index (Phi) is 5.22. The van der Waals surface area contributed by atoms with E-state index < -0.39 is 27.6 Å². The first-order chi connectivity index (χ1) is 9.42. The molecule has 0 saturated carbocycles. The second-order valence-electron chi connectivity index (χ2n) is 6.39. The number of rotatable bonds is 5. The van der Waals surface area contributed by atoms with Gasteiger partial charge in [0, 0.05) is 19.4 Å². The maximum Gasteiger partial charge on any atom is 0.324 e. The number of carbonyl (C=O) groups excluding carboxylic acids is 1. The Labute approximate surface area is 126 Å². The quantitative estimate of drug-likeness (QED) is 0.838. The Morgan fingerprint density at radius 3 is 2.29 bits per heavy atom. The van der Waals surface area contributed by atoms with Gasteiger partial charge in [-0.25, -0.2) is 8.42 Å². The van der Waals surface area contributed by atoms with Gasteiger partial charge in [0.1, 0.15) is 11.6 Å². The summed E-state index contributed by atoms with van der Waals surface area (Å²) in [5.41, 5.74) is -0.664. The summed E-state index contributed by atoms with van der Waals surface area (Å²) in [6.07, 6.45) is 3.11. The molecule has 0 aliphatic heterocycles. The van der Waals surface area contributed by atoms with E-state index in [9.17, 15) is 13.2 Å².